The number of hydrogen-bond donors (Lipinski definition) is 1. The fourth-order valence-corrected chi connectivity index (χ4v) is 2.41. The standard InChI is InChI=1S/C15H21N3OS/c1-3-18(15(19)14(17)8-9-20-2)11-13-7-5-4-6-12(13)10-16/h4-7,14H,3,8-9,11,17H2,1-2H3/t14-/m0/s1. The molecule has 0 aliphatic rings. The van der Waals surface area contributed by atoms with Crippen LogP contribution in [-0.4, -0.2) is 35.4 Å². The molecule has 1 atom stereocenters. The molecule has 0 heterocycles. The van der Waals surface area contributed by atoms with E-state index in [9.17, 15) is 4.79 Å². The lowest BCUT2D eigenvalue weighted by Crippen LogP contribution is -2.43. The van der Waals surface area contributed by atoms with Gasteiger partial charge in [0.15, 0.2) is 0 Å². The molecule has 0 spiro atoms. The molecule has 0 fully saturated rings. The summed E-state index contributed by atoms with van der Waals surface area (Å²) in [7, 11) is 0. The van der Waals surface area contributed by atoms with Gasteiger partial charge in [0.05, 0.1) is 17.7 Å². The first-order valence-corrected chi connectivity index (χ1v) is 8.04. The lowest BCUT2D eigenvalue weighted by atomic mass is 10.1. The van der Waals surface area contributed by atoms with Crippen molar-refractivity contribution in [2.75, 3.05) is 18.6 Å². The maximum atomic E-state index is 12.3. The fraction of sp³-hybridized carbons (Fsp3) is 0.467. The number of nitriles is 1. The summed E-state index contributed by atoms with van der Waals surface area (Å²) in [5.74, 6) is 0.827. The molecule has 0 bridgehead atoms. The van der Waals surface area contributed by atoms with E-state index in [0.29, 0.717) is 25.1 Å². The largest absolute Gasteiger partial charge is 0.337 e. The van der Waals surface area contributed by atoms with Gasteiger partial charge in [-0.1, -0.05) is 18.2 Å². The van der Waals surface area contributed by atoms with Crippen molar-refractivity contribution in [3.05, 3.63) is 35.4 Å². The molecule has 1 amide bonds. The summed E-state index contributed by atoms with van der Waals surface area (Å²) in [6.07, 6.45) is 2.67. The molecular formula is C15H21N3OS. The number of hydrogen-bond acceptors (Lipinski definition) is 4. The number of amides is 1. The molecule has 0 saturated carbocycles. The highest BCUT2D eigenvalue weighted by molar-refractivity contribution is 7.98. The van der Waals surface area contributed by atoms with Crippen molar-refractivity contribution in [3.8, 4) is 6.07 Å². The zero-order chi connectivity index (χ0) is 15.0. The minimum absolute atomic E-state index is 0.0470. The van der Waals surface area contributed by atoms with Crippen LogP contribution in [0.5, 0.6) is 0 Å². The molecule has 2 N–H and O–H groups in total. The number of carbonyl (C=O) groups is 1. The number of carbonyl (C=O) groups excluding carboxylic acids is 1. The molecule has 0 unspecified atom stereocenters. The second kappa shape index (κ2) is 8.62. The van der Waals surface area contributed by atoms with Crippen LogP contribution in [-0.2, 0) is 11.3 Å². The summed E-state index contributed by atoms with van der Waals surface area (Å²) in [5, 5.41) is 9.09. The van der Waals surface area contributed by atoms with E-state index in [4.69, 9.17) is 11.0 Å². The quantitative estimate of drug-likeness (QED) is 0.834. The fourth-order valence-electron chi connectivity index (χ4n) is 1.92. The molecule has 5 heteroatoms. The number of benzene rings is 1. The first kappa shape index (κ1) is 16.5. The van der Waals surface area contributed by atoms with Gasteiger partial charge in [0.1, 0.15) is 0 Å². The number of nitrogens with two attached hydrogens (primary N) is 1. The summed E-state index contributed by atoms with van der Waals surface area (Å²) in [5.41, 5.74) is 7.41. The second-order valence-corrected chi connectivity index (χ2v) is 5.49. The van der Waals surface area contributed by atoms with Crippen LogP contribution in [0.4, 0.5) is 0 Å². The summed E-state index contributed by atoms with van der Waals surface area (Å²) >= 11 is 1.68. The second-order valence-electron chi connectivity index (χ2n) is 4.51. The molecular weight excluding hydrogens is 270 g/mol. The van der Waals surface area contributed by atoms with Crippen molar-refractivity contribution >= 4 is 17.7 Å². The highest BCUT2D eigenvalue weighted by Gasteiger charge is 2.20. The predicted molar refractivity (Wildman–Crippen MR) is 83.2 cm³/mol. The van der Waals surface area contributed by atoms with Gasteiger partial charge < -0.3 is 10.6 Å². The molecule has 1 aromatic rings. The van der Waals surface area contributed by atoms with Crippen LogP contribution in [0.25, 0.3) is 0 Å². The number of nitrogens with zero attached hydrogens (tertiary/aromatic N) is 2. The van der Waals surface area contributed by atoms with Gasteiger partial charge in [-0.3, -0.25) is 4.79 Å². The van der Waals surface area contributed by atoms with E-state index in [0.717, 1.165) is 11.3 Å². The normalized spacial score (nSPS) is 11.7. The van der Waals surface area contributed by atoms with Crippen molar-refractivity contribution in [1.82, 2.24) is 4.90 Å². The molecule has 108 valence electrons. The third kappa shape index (κ3) is 4.55. The van der Waals surface area contributed by atoms with E-state index >= 15 is 0 Å². The highest BCUT2D eigenvalue weighted by atomic mass is 32.2. The Morgan fingerprint density at radius 1 is 1.50 bits per heavy atom. The molecule has 0 radical (unpaired) electrons. The average molecular weight is 291 g/mol. The van der Waals surface area contributed by atoms with Crippen LogP contribution in [0, 0.1) is 11.3 Å². The molecule has 1 aromatic carbocycles. The molecule has 0 aliphatic heterocycles. The molecule has 4 nitrogen and oxygen atoms in total. The first-order chi connectivity index (χ1) is 9.63. The molecule has 0 aromatic heterocycles. The van der Waals surface area contributed by atoms with E-state index in [1.807, 2.05) is 31.4 Å². The topological polar surface area (TPSA) is 70.1 Å². The molecule has 20 heavy (non-hydrogen) atoms. The van der Waals surface area contributed by atoms with Crippen molar-refractivity contribution in [2.24, 2.45) is 5.73 Å². The van der Waals surface area contributed by atoms with Crippen LogP contribution >= 0.6 is 11.8 Å². The van der Waals surface area contributed by atoms with Crippen LogP contribution < -0.4 is 5.73 Å². The monoisotopic (exact) mass is 291 g/mol. The third-order valence-corrected chi connectivity index (χ3v) is 3.79. The SMILES string of the molecule is CCN(Cc1ccccc1C#N)C(=O)[C@@H](N)CCSC. The zero-order valence-corrected chi connectivity index (χ0v) is 12.8. The summed E-state index contributed by atoms with van der Waals surface area (Å²) in [6.45, 7) is 2.95. The molecule has 0 saturated heterocycles. The number of likely N-dealkylation sites (N-methyl/N-ethyl adjacent to an activating group) is 1. The van der Waals surface area contributed by atoms with E-state index in [1.54, 1.807) is 22.7 Å². The van der Waals surface area contributed by atoms with Crippen LogP contribution in [0.15, 0.2) is 24.3 Å². The van der Waals surface area contributed by atoms with Gasteiger partial charge in [0, 0.05) is 13.1 Å². The zero-order valence-electron chi connectivity index (χ0n) is 12.0. The van der Waals surface area contributed by atoms with Crippen molar-refractivity contribution < 1.29 is 4.79 Å². The lowest BCUT2D eigenvalue weighted by molar-refractivity contribution is -0.133. The van der Waals surface area contributed by atoms with Crippen LogP contribution in [0.2, 0.25) is 0 Å². The minimum atomic E-state index is -0.461. The average Bonchev–Trinajstić information content (AvgIpc) is 2.49. The Labute approximate surface area is 124 Å². The summed E-state index contributed by atoms with van der Waals surface area (Å²) < 4.78 is 0. The molecule has 1 rings (SSSR count). The first-order valence-electron chi connectivity index (χ1n) is 6.65. The number of rotatable bonds is 7. The predicted octanol–water partition coefficient (Wildman–Crippen LogP) is 1.99. The Bertz CT molecular complexity index is 484. The van der Waals surface area contributed by atoms with Gasteiger partial charge in [0.25, 0.3) is 0 Å². The van der Waals surface area contributed by atoms with E-state index < -0.39 is 6.04 Å². The van der Waals surface area contributed by atoms with Gasteiger partial charge in [-0.05, 0) is 37.0 Å². The van der Waals surface area contributed by atoms with E-state index in [1.165, 1.54) is 0 Å². The van der Waals surface area contributed by atoms with Crippen molar-refractivity contribution in [1.29, 1.82) is 5.26 Å². The maximum absolute atomic E-state index is 12.3. The Morgan fingerprint density at radius 3 is 2.80 bits per heavy atom. The van der Waals surface area contributed by atoms with Gasteiger partial charge in [-0.2, -0.15) is 17.0 Å². The van der Waals surface area contributed by atoms with Gasteiger partial charge in [0.2, 0.25) is 5.91 Å². The van der Waals surface area contributed by atoms with Gasteiger partial charge in [-0.25, -0.2) is 0 Å². The van der Waals surface area contributed by atoms with Crippen molar-refractivity contribution in [2.45, 2.75) is 25.9 Å². The van der Waals surface area contributed by atoms with E-state index in [-0.39, 0.29) is 5.91 Å². The van der Waals surface area contributed by atoms with Crippen LogP contribution in [0.3, 0.4) is 0 Å². The minimum Gasteiger partial charge on any atom is -0.337 e. The number of thioether (sulfide) groups is 1. The van der Waals surface area contributed by atoms with Gasteiger partial charge in [-0.15, -0.1) is 0 Å². The summed E-state index contributed by atoms with van der Waals surface area (Å²) in [4.78, 5) is 14.0. The molecule has 0 aliphatic carbocycles. The Morgan fingerprint density at radius 2 is 2.20 bits per heavy atom. The van der Waals surface area contributed by atoms with Crippen LogP contribution in [0.1, 0.15) is 24.5 Å². The smallest absolute Gasteiger partial charge is 0.239 e. The highest BCUT2D eigenvalue weighted by Crippen LogP contribution is 2.12. The van der Waals surface area contributed by atoms with Crippen molar-refractivity contribution in [3.63, 3.8) is 0 Å². The lowest BCUT2D eigenvalue weighted by Gasteiger charge is -2.24. The van der Waals surface area contributed by atoms with Gasteiger partial charge >= 0.3 is 0 Å². The maximum Gasteiger partial charge on any atom is 0.239 e. The Balaban J connectivity index is 2.76. The van der Waals surface area contributed by atoms with E-state index in [2.05, 4.69) is 6.07 Å². The Hall–Kier alpha value is -1.51. The third-order valence-electron chi connectivity index (χ3n) is 3.14. The Kier molecular flexibility index (Phi) is 7.13. The summed E-state index contributed by atoms with van der Waals surface area (Å²) in [6, 6.07) is 9.04.